The van der Waals surface area contributed by atoms with Crippen molar-refractivity contribution in [1.82, 2.24) is 0 Å². The molecule has 178 valence electrons. The van der Waals surface area contributed by atoms with Gasteiger partial charge in [-0.1, -0.05) is 41.4 Å². The van der Waals surface area contributed by atoms with E-state index in [1.807, 2.05) is 19.1 Å². The Morgan fingerprint density at radius 3 is 2.34 bits per heavy atom. The summed E-state index contributed by atoms with van der Waals surface area (Å²) in [6.45, 7) is 1.62. The molecule has 0 unspecified atom stereocenters. The second kappa shape index (κ2) is 12.2. The zero-order valence-electron chi connectivity index (χ0n) is 18.2. The number of nitrogens with one attached hydrogen (secondary N) is 2. The Kier molecular flexibility index (Phi) is 9.35. The third-order valence-corrected chi connectivity index (χ3v) is 6.54. The molecule has 0 radical (unpaired) electrons. The molecule has 0 aliphatic carbocycles. The van der Waals surface area contributed by atoms with Crippen LogP contribution in [0.4, 0.5) is 11.4 Å². The minimum absolute atomic E-state index is 0.117. The van der Waals surface area contributed by atoms with E-state index in [1.54, 1.807) is 48.5 Å². The molecule has 0 aliphatic heterocycles. The summed E-state index contributed by atoms with van der Waals surface area (Å²) in [6, 6.07) is 17.2. The lowest BCUT2D eigenvalue weighted by molar-refractivity contribution is -0.118. The average Bonchev–Trinajstić information content (AvgIpc) is 2.80. The summed E-state index contributed by atoms with van der Waals surface area (Å²) < 4.78 is 6.71. The highest BCUT2D eigenvalue weighted by Crippen LogP contribution is 2.35. The first-order valence-corrected chi connectivity index (χ1v) is 12.4. The van der Waals surface area contributed by atoms with Crippen LogP contribution in [0.15, 0.2) is 69.1 Å². The van der Waals surface area contributed by atoms with Gasteiger partial charge in [-0.15, -0.1) is 0 Å². The van der Waals surface area contributed by atoms with Gasteiger partial charge in [-0.05, 0) is 92.4 Å². The zero-order valence-corrected chi connectivity index (χ0v) is 22.8. The number of anilines is 2. The van der Waals surface area contributed by atoms with Crippen LogP contribution in [0.3, 0.4) is 0 Å². The van der Waals surface area contributed by atoms with Gasteiger partial charge in [-0.3, -0.25) is 9.59 Å². The molecule has 0 saturated carbocycles. The molecule has 2 amide bonds. The molecular formula is C25H17Br2Cl2N3O3. The van der Waals surface area contributed by atoms with Crippen molar-refractivity contribution in [2.45, 2.75) is 6.92 Å². The summed E-state index contributed by atoms with van der Waals surface area (Å²) in [5, 5.41) is 15.7. The van der Waals surface area contributed by atoms with Gasteiger partial charge < -0.3 is 15.4 Å². The lowest BCUT2D eigenvalue weighted by Crippen LogP contribution is -2.20. The highest BCUT2D eigenvalue weighted by molar-refractivity contribution is 9.11. The van der Waals surface area contributed by atoms with Gasteiger partial charge in [0.25, 0.3) is 11.8 Å². The molecule has 0 fully saturated rings. The standard InChI is InChI=1S/C25H17Br2Cl2N3O3/c1-14-6-7-17(11-21(14)29)31-23(33)13-35-24-18(26)9-15(10-19(24)27)8-16(12-30)25(34)32-22-5-3-2-4-20(22)28/h2-11H,13H2,1H3,(H,31,33)(H,32,34)/b16-8+. The number of hydrogen-bond donors (Lipinski definition) is 2. The molecule has 0 bridgehead atoms. The van der Waals surface area contributed by atoms with Crippen molar-refractivity contribution in [2.75, 3.05) is 17.2 Å². The van der Waals surface area contributed by atoms with E-state index < -0.39 is 5.91 Å². The molecule has 35 heavy (non-hydrogen) atoms. The van der Waals surface area contributed by atoms with Crippen molar-refractivity contribution in [3.63, 3.8) is 0 Å². The minimum atomic E-state index is -0.596. The first-order valence-electron chi connectivity index (χ1n) is 10.0. The first kappa shape index (κ1) is 26.8. The van der Waals surface area contributed by atoms with Crippen LogP contribution in [0.25, 0.3) is 6.08 Å². The number of amides is 2. The van der Waals surface area contributed by atoms with E-state index in [4.69, 9.17) is 27.9 Å². The van der Waals surface area contributed by atoms with Crippen molar-refractivity contribution in [3.05, 3.63) is 90.3 Å². The number of ether oxygens (including phenoxy) is 1. The van der Waals surface area contributed by atoms with E-state index in [2.05, 4.69) is 42.5 Å². The number of rotatable bonds is 7. The van der Waals surface area contributed by atoms with Gasteiger partial charge in [0.2, 0.25) is 0 Å². The number of carbonyl (C=O) groups excluding carboxylic acids is 2. The summed E-state index contributed by atoms with van der Waals surface area (Å²) in [5.74, 6) is -0.574. The van der Waals surface area contributed by atoms with E-state index in [0.717, 1.165) is 5.56 Å². The normalized spacial score (nSPS) is 10.9. The van der Waals surface area contributed by atoms with Crippen LogP contribution in [0.1, 0.15) is 11.1 Å². The molecule has 0 spiro atoms. The Bertz CT molecular complexity index is 1350. The maximum atomic E-state index is 12.5. The van der Waals surface area contributed by atoms with Gasteiger partial charge in [0.05, 0.1) is 19.7 Å². The quantitative estimate of drug-likeness (QED) is 0.209. The third kappa shape index (κ3) is 7.33. The summed E-state index contributed by atoms with van der Waals surface area (Å²) >= 11 is 19.0. The zero-order chi connectivity index (χ0) is 25.5. The topological polar surface area (TPSA) is 91.2 Å². The molecule has 0 aliphatic rings. The van der Waals surface area contributed by atoms with E-state index in [-0.39, 0.29) is 18.1 Å². The number of nitrogens with zero attached hydrogens (tertiary/aromatic N) is 1. The van der Waals surface area contributed by atoms with Crippen molar-refractivity contribution in [1.29, 1.82) is 5.26 Å². The van der Waals surface area contributed by atoms with Crippen LogP contribution >= 0.6 is 55.1 Å². The molecule has 0 aromatic heterocycles. The summed E-state index contributed by atoms with van der Waals surface area (Å²) in [7, 11) is 0. The summed E-state index contributed by atoms with van der Waals surface area (Å²) in [5.41, 5.74) is 2.31. The van der Waals surface area contributed by atoms with Crippen LogP contribution < -0.4 is 15.4 Å². The summed E-state index contributed by atoms with van der Waals surface area (Å²) in [6.07, 6.45) is 1.43. The van der Waals surface area contributed by atoms with E-state index in [9.17, 15) is 14.9 Å². The first-order chi connectivity index (χ1) is 16.7. The molecular weight excluding hydrogens is 621 g/mol. The Labute approximate surface area is 229 Å². The van der Waals surface area contributed by atoms with Gasteiger partial charge in [-0.2, -0.15) is 5.26 Å². The number of halogens is 4. The molecule has 3 aromatic carbocycles. The van der Waals surface area contributed by atoms with E-state index in [1.165, 1.54) is 6.08 Å². The van der Waals surface area contributed by atoms with Gasteiger partial charge in [0.15, 0.2) is 6.61 Å². The van der Waals surface area contributed by atoms with Crippen molar-refractivity contribution in [3.8, 4) is 11.8 Å². The summed E-state index contributed by atoms with van der Waals surface area (Å²) in [4.78, 5) is 24.8. The number of benzene rings is 3. The molecule has 0 saturated heterocycles. The minimum Gasteiger partial charge on any atom is -0.481 e. The largest absolute Gasteiger partial charge is 0.481 e. The van der Waals surface area contributed by atoms with Gasteiger partial charge in [-0.25, -0.2) is 0 Å². The number of carbonyl (C=O) groups is 2. The number of hydrogen-bond acceptors (Lipinski definition) is 4. The van der Waals surface area contributed by atoms with Crippen LogP contribution in [0, 0.1) is 18.3 Å². The fourth-order valence-electron chi connectivity index (χ4n) is 2.87. The lowest BCUT2D eigenvalue weighted by Gasteiger charge is -2.12. The SMILES string of the molecule is Cc1ccc(NC(=O)COc2c(Br)cc(/C=C(\C#N)C(=O)Nc3ccccc3Cl)cc2Br)cc1Cl. The fourth-order valence-corrected chi connectivity index (χ4v) is 4.69. The Morgan fingerprint density at radius 2 is 1.71 bits per heavy atom. The molecule has 3 rings (SSSR count). The second-order valence-electron chi connectivity index (χ2n) is 7.22. The van der Waals surface area contributed by atoms with Crippen LogP contribution in [0.5, 0.6) is 5.75 Å². The van der Waals surface area contributed by atoms with E-state index in [0.29, 0.717) is 41.7 Å². The number of para-hydroxylation sites is 1. The number of aryl methyl sites for hydroxylation is 1. The predicted octanol–water partition coefficient (Wildman–Crippen LogP) is 7.39. The average molecular weight is 638 g/mol. The molecule has 0 atom stereocenters. The Morgan fingerprint density at radius 1 is 1.03 bits per heavy atom. The van der Waals surface area contributed by atoms with Crippen LogP contribution in [-0.4, -0.2) is 18.4 Å². The smallest absolute Gasteiger partial charge is 0.266 e. The van der Waals surface area contributed by atoms with E-state index >= 15 is 0 Å². The number of nitriles is 1. The fraction of sp³-hybridized carbons (Fsp3) is 0.0800. The Hall–Kier alpha value is -2.83. The molecule has 2 N–H and O–H groups in total. The molecule has 10 heteroatoms. The predicted molar refractivity (Wildman–Crippen MR) is 146 cm³/mol. The maximum Gasteiger partial charge on any atom is 0.266 e. The molecule has 3 aromatic rings. The lowest BCUT2D eigenvalue weighted by atomic mass is 10.1. The highest BCUT2D eigenvalue weighted by Gasteiger charge is 2.15. The molecule has 6 nitrogen and oxygen atoms in total. The van der Waals surface area contributed by atoms with Crippen LogP contribution in [0.2, 0.25) is 10.0 Å². The third-order valence-electron chi connectivity index (χ3n) is 4.62. The monoisotopic (exact) mass is 635 g/mol. The van der Waals surface area contributed by atoms with Crippen molar-refractivity contribution < 1.29 is 14.3 Å². The highest BCUT2D eigenvalue weighted by atomic mass is 79.9. The second-order valence-corrected chi connectivity index (χ2v) is 9.74. The molecule has 0 heterocycles. The van der Waals surface area contributed by atoms with Crippen molar-refractivity contribution in [2.24, 2.45) is 0 Å². The van der Waals surface area contributed by atoms with Crippen molar-refractivity contribution >= 4 is 84.3 Å². The van der Waals surface area contributed by atoms with Gasteiger partial charge in [0.1, 0.15) is 17.4 Å². The van der Waals surface area contributed by atoms with Gasteiger partial charge >= 0.3 is 0 Å². The van der Waals surface area contributed by atoms with Gasteiger partial charge in [0, 0.05) is 10.7 Å². The Balaban J connectivity index is 1.70. The maximum absolute atomic E-state index is 12.5. The van der Waals surface area contributed by atoms with Crippen LogP contribution in [-0.2, 0) is 9.59 Å².